The molecule has 0 aliphatic rings. The van der Waals surface area contributed by atoms with Crippen LogP contribution in [-0.2, 0) is 0 Å². The molecule has 0 aromatic rings. The van der Waals surface area contributed by atoms with Crippen LogP contribution < -0.4 is 5.32 Å². The van der Waals surface area contributed by atoms with Crippen LogP contribution >= 0.6 is 15.8 Å². The third-order valence-electron chi connectivity index (χ3n) is 3.97. The van der Waals surface area contributed by atoms with Gasteiger partial charge in [-0.2, -0.15) is 0 Å². The summed E-state index contributed by atoms with van der Waals surface area (Å²) in [6, 6.07) is 0. The van der Waals surface area contributed by atoms with Crippen molar-refractivity contribution >= 4 is 15.8 Å². The van der Waals surface area contributed by atoms with E-state index >= 15 is 0 Å². The lowest BCUT2D eigenvalue weighted by atomic mass is 10.5. The highest BCUT2D eigenvalue weighted by Gasteiger charge is 2.17. The molecule has 0 heterocycles. The van der Waals surface area contributed by atoms with Gasteiger partial charge < -0.3 is 5.32 Å². The molecule has 0 aromatic heterocycles. The Kier molecular flexibility index (Phi) is 11.9. The van der Waals surface area contributed by atoms with E-state index in [1.165, 1.54) is 31.8 Å². The third-order valence-corrected chi connectivity index (χ3v) is 10.8. The normalized spacial score (nSPS) is 12.9. The number of hydrogen-bond acceptors (Lipinski definition) is 1. The van der Waals surface area contributed by atoms with Gasteiger partial charge in [-0.15, -0.1) is 15.8 Å². The molecule has 0 saturated heterocycles. The maximum atomic E-state index is 3.69. The highest BCUT2D eigenvalue weighted by atomic mass is 31.1. The molecule has 0 aromatic carbocycles. The van der Waals surface area contributed by atoms with Crippen LogP contribution in [0.25, 0.3) is 0 Å². The van der Waals surface area contributed by atoms with Gasteiger partial charge >= 0.3 is 0 Å². The van der Waals surface area contributed by atoms with Crippen molar-refractivity contribution in [3.8, 4) is 0 Å². The Balaban J connectivity index is 3.76. The molecule has 0 bridgehead atoms. The van der Waals surface area contributed by atoms with Crippen LogP contribution in [0.3, 0.4) is 0 Å². The summed E-state index contributed by atoms with van der Waals surface area (Å²) in [7, 11) is 0.440. The molecule has 0 aliphatic carbocycles. The molecule has 0 spiro atoms. The minimum Gasteiger partial charge on any atom is -0.316 e. The zero-order valence-electron chi connectivity index (χ0n) is 15.2. The van der Waals surface area contributed by atoms with Crippen LogP contribution in [-0.4, -0.2) is 48.0 Å². The topological polar surface area (TPSA) is 12.0 Å². The zero-order chi connectivity index (χ0) is 15.7. The van der Waals surface area contributed by atoms with E-state index in [1.807, 2.05) is 0 Å². The van der Waals surface area contributed by atoms with Gasteiger partial charge in [-0.3, -0.25) is 0 Å². The first-order valence-corrected chi connectivity index (χ1v) is 11.8. The van der Waals surface area contributed by atoms with E-state index in [0.29, 0.717) is 0 Å². The van der Waals surface area contributed by atoms with Crippen LogP contribution in [0.4, 0.5) is 0 Å². The minimum absolute atomic E-state index is 0.209. The SMILES string of the molecule is CC(C)P(CCCNCCP(C(C)C)C(C)C)C(C)C. The minimum atomic E-state index is 0.209. The van der Waals surface area contributed by atoms with E-state index in [9.17, 15) is 0 Å². The maximum Gasteiger partial charge on any atom is -0.000931 e. The predicted molar refractivity (Wildman–Crippen MR) is 102 cm³/mol. The molecule has 0 amide bonds. The van der Waals surface area contributed by atoms with E-state index in [0.717, 1.165) is 22.6 Å². The zero-order valence-corrected chi connectivity index (χ0v) is 17.0. The Labute approximate surface area is 131 Å². The summed E-state index contributed by atoms with van der Waals surface area (Å²) >= 11 is 0. The van der Waals surface area contributed by atoms with Crippen molar-refractivity contribution in [2.75, 3.05) is 25.4 Å². The number of hydrogen-bond donors (Lipinski definition) is 1. The third kappa shape index (κ3) is 8.96. The Hall–Kier alpha value is 0.820. The van der Waals surface area contributed by atoms with Gasteiger partial charge in [0, 0.05) is 0 Å². The highest BCUT2D eigenvalue weighted by Crippen LogP contribution is 2.46. The molecule has 122 valence electrons. The molecule has 0 aliphatic heterocycles. The summed E-state index contributed by atoms with van der Waals surface area (Å²) in [6.45, 7) is 21.6. The summed E-state index contributed by atoms with van der Waals surface area (Å²) in [4.78, 5) is 0. The average molecular weight is 319 g/mol. The van der Waals surface area contributed by atoms with Crippen molar-refractivity contribution in [1.82, 2.24) is 5.32 Å². The lowest BCUT2D eigenvalue weighted by Crippen LogP contribution is -2.22. The van der Waals surface area contributed by atoms with Crippen LogP contribution in [0, 0.1) is 0 Å². The van der Waals surface area contributed by atoms with Gasteiger partial charge in [0.15, 0.2) is 0 Å². The first-order valence-electron chi connectivity index (χ1n) is 8.49. The number of nitrogens with one attached hydrogen (secondary N) is 1. The molecule has 0 unspecified atom stereocenters. The van der Waals surface area contributed by atoms with Crippen LogP contribution in [0.1, 0.15) is 61.8 Å². The Morgan fingerprint density at radius 2 is 1.00 bits per heavy atom. The molecular weight excluding hydrogens is 280 g/mol. The molecule has 1 N–H and O–H groups in total. The van der Waals surface area contributed by atoms with Crippen molar-refractivity contribution in [1.29, 1.82) is 0 Å². The summed E-state index contributed by atoms with van der Waals surface area (Å²) in [5.41, 5.74) is 3.53. The molecule has 3 heteroatoms. The maximum absolute atomic E-state index is 3.69. The van der Waals surface area contributed by atoms with Crippen LogP contribution in [0.15, 0.2) is 0 Å². The monoisotopic (exact) mass is 319 g/mol. The highest BCUT2D eigenvalue weighted by molar-refractivity contribution is 7.59. The van der Waals surface area contributed by atoms with E-state index in [1.54, 1.807) is 0 Å². The van der Waals surface area contributed by atoms with E-state index in [-0.39, 0.29) is 15.8 Å². The van der Waals surface area contributed by atoms with E-state index < -0.39 is 0 Å². The van der Waals surface area contributed by atoms with E-state index in [4.69, 9.17) is 0 Å². The van der Waals surface area contributed by atoms with Gasteiger partial charge in [0.25, 0.3) is 0 Å². The summed E-state index contributed by atoms with van der Waals surface area (Å²) < 4.78 is 0. The second-order valence-corrected chi connectivity index (χ2v) is 14.0. The van der Waals surface area contributed by atoms with E-state index in [2.05, 4.69) is 60.7 Å². The fourth-order valence-electron chi connectivity index (χ4n) is 2.95. The van der Waals surface area contributed by atoms with Gasteiger partial charge in [0.2, 0.25) is 0 Å². The van der Waals surface area contributed by atoms with Crippen molar-refractivity contribution in [3.63, 3.8) is 0 Å². The quantitative estimate of drug-likeness (QED) is 0.388. The standard InChI is InChI=1S/C17H39NP2/c1-14(2)19(15(3)4)12-9-10-18-11-13-20(16(5)6)17(7)8/h14-18H,9-13H2,1-8H3. The van der Waals surface area contributed by atoms with Gasteiger partial charge in [-0.25, -0.2) is 0 Å². The van der Waals surface area contributed by atoms with Gasteiger partial charge in [0.05, 0.1) is 0 Å². The summed E-state index contributed by atoms with van der Waals surface area (Å²) in [5.74, 6) is 0. The molecule has 0 fully saturated rings. The Morgan fingerprint density at radius 1 is 0.600 bits per heavy atom. The second-order valence-electron chi connectivity index (χ2n) is 6.95. The predicted octanol–water partition coefficient (Wildman–Crippen LogP) is 5.56. The van der Waals surface area contributed by atoms with Crippen LogP contribution in [0.5, 0.6) is 0 Å². The molecule has 20 heavy (non-hydrogen) atoms. The first-order chi connectivity index (χ1) is 9.27. The van der Waals surface area contributed by atoms with Gasteiger partial charge in [-0.1, -0.05) is 55.4 Å². The fraction of sp³-hybridized carbons (Fsp3) is 1.00. The molecule has 0 saturated carbocycles. The lowest BCUT2D eigenvalue weighted by molar-refractivity contribution is 0.704. The fourth-order valence-corrected chi connectivity index (χ4v) is 8.34. The molecule has 0 rings (SSSR count). The molecule has 0 radical (unpaired) electrons. The summed E-state index contributed by atoms with van der Waals surface area (Å²) in [6.07, 6.45) is 4.21. The molecule has 1 nitrogen and oxygen atoms in total. The van der Waals surface area contributed by atoms with Crippen molar-refractivity contribution < 1.29 is 0 Å². The average Bonchev–Trinajstić information content (AvgIpc) is 2.30. The van der Waals surface area contributed by atoms with Crippen molar-refractivity contribution in [2.45, 2.75) is 84.4 Å². The Bertz CT molecular complexity index is 187. The van der Waals surface area contributed by atoms with Gasteiger partial charge in [0.1, 0.15) is 0 Å². The lowest BCUT2D eigenvalue weighted by Gasteiger charge is -2.27. The molecule has 0 atom stereocenters. The van der Waals surface area contributed by atoms with Crippen LogP contribution in [0.2, 0.25) is 0 Å². The summed E-state index contributed by atoms with van der Waals surface area (Å²) in [5, 5.41) is 3.69. The van der Waals surface area contributed by atoms with Crippen molar-refractivity contribution in [3.05, 3.63) is 0 Å². The molecular formula is C17H39NP2. The number of rotatable bonds is 11. The first kappa shape index (κ1) is 20.8. The second kappa shape index (κ2) is 11.4. The largest absolute Gasteiger partial charge is 0.316 e. The van der Waals surface area contributed by atoms with Crippen molar-refractivity contribution in [2.24, 2.45) is 0 Å². The Morgan fingerprint density at radius 3 is 1.40 bits per heavy atom. The smallest absolute Gasteiger partial charge is 0.000931 e. The van der Waals surface area contributed by atoms with Gasteiger partial charge in [-0.05, 0) is 54.5 Å².